The fraction of sp³-hybridized carbons (Fsp3) is 0.571. The highest BCUT2D eigenvalue weighted by Crippen LogP contribution is 2.28. The van der Waals surface area contributed by atoms with Crippen LogP contribution in [-0.4, -0.2) is 45.8 Å². The molecule has 2 aliphatic heterocycles. The molecule has 2 aliphatic rings. The number of likely N-dealkylation sites (tertiary alicyclic amines) is 1. The first-order valence-corrected chi connectivity index (χ1v) is 10.1. The minimum absolute atomic E-state index is 0.285. The van der Waals surface area contributed by atoms with Gasteiger partial charge in [-0.25, -0.2) is 4.79 Å². The molecule has 1 aromatic heterocycles. The van der Waals surface area contributed by atoms with E-state index in [1.807, 2.05) is 24.3 Å². The molecule has 0 bridgehead atoms. The van der Waals surface area contributed by atoms with E-state index in [0.29, 0.717) is 11.5 Å². The predicted molar refractivity (Wildman–Crippen MR) is 103 cm³/mol. The number of hydrogen-bond acceptors (Lipinski definition) is 5. The highest BCUT2D eigenvalue weighted by atomic mass is 16.5. The van der Waals surface area contributed by atoms with Crippen LogP contribution in [-0.2, 0) is 24.2 Å². The number of fused-ring (bicyclic) bond motifs is 1. The second kappa shape index (κ2) is 8.21. The van der Waals surface area contributed by atoms with E-state index >= 15 is 0 Å². The molecule has 27 heavy (non-hydrogen) atoms. The topological polar surface area (TPSA) is 60.2 Å². The lowest BCUT2D eigenvalue weighted by Crippen LogP contribution is -2.35. The van der Waals surface area contributed by atoms with E-state index in [-0.39, 0.29) is 5.97 Å². The zero-order valence-electron chi connectivity index (χ0n) is 16.1. The van der Waals surface area contributed by atoms with Crippen LogP contribution in [0.5, 0.6) is 0 Å². The van der Waals surface area contributed by atoms with Crippen molar-refractivity contribution >= 4 is 5.97 Å². The molecule has 4 rings (SSSR count). The van der Waals surface area contributed by atoms with Gasteiger partial charge in [-0.3, -0.25) is 4.90 Å². The molecule has 0 amide bonds. The summed E-state index contributed by atoms with van der Waals surface area (Å²) in [5.74, 6) is 2.55. The summed E-state index contributed by atoms with van der Waals surface area (Å²) in [6.07, 6.45) is 7.21. The van der Waals surface area contributed by atoms with Crippen molar-refractivity contribution in [2.24, 2.45) is 0 Å². The van der Waals surface area contributed by atoms with E-state index < -0.39 is 0 Å². The van der Waals surface area contributed by atoms with Crippen LogP contribution in [0.15, 0.2) is 24.3 Å². The molecule has 144 valence electrons. The number of hydrogen-bond donors (Lipinski definition) is 0. The van der Waals surface area contributed by atoms with Gasteiger partial charge in [0.2, 0.25) is 0 Å². The van der Waals surface area contributed by atoms with Crippen molar-refractivity contribution in [3.05, 3.63) is 47.0 Å². The van der Waals surface area contributed by atoms with E-state index in [0.717, 1.165) is 32.6 Å². The standard InChI is InChI=1S/C21H28N4O2/c1-27-21(26)17-10-8-16(9-11-17)14-24-12-5-6-18(15-24)20-23-22-19-7-3-2-4-13-25(19)20/h8-11,18H,2-7,12-15H2,1H3. The van der Waals surface area contributed by atoms with Gasteiger partial charge in [0.1, 0.15) is 11.6 Å². The van der Waals surface area contributed by atoms with Crippen molar-refractivity contribution in [3.8, 4) is 0 Å². The molecule has 0 saturated carbocycles. The van der Waals surface area contributed by atoms with Crippen molar-refractivity contribution in [1.82, 2.24) is 19.7 Å². The number of ether oxygens (including phenoxy) is 1. The average Bonchev–Trinajstić information content (AvgIpc) is 2.96. The molecular formula is C21H28N4O2. The molecule has 1 atom stereocenters. The fourth-order valence-electron chi connectivity index (χ4n) is 4.34. The van der Waals surface area contributed by atoms with Crippen molar-refractivity contribution < 1.29 is 9.53 Å². The Morgan fingerprint density at radius 2 is 1.96 bits per heavy atom. The number of piperidine rings is 1. The Bertz CT molecular complexity index is 784. The molecule has 1 fully saturated rings. The minimum atomic E-state index is -0.285. The normalized spacial score (nSPS) is 20.7. The molecule has 0 N–H and O–H groups in total. The molecule has 0 spiro atoms. The number of benzene rings is 1. The van der Waals surface area contributed by atoms with Crippen molar-refractivity contribution in [3.63, 3.8) is 0 Å². The summed E-state index contributed by atoms with van der Waals surface area (Å²) in [6.45, 7) is 4.11. The van der Waals surface area contributed by atoms with Crippen LogP contribution in [0, 0.1) is 0 Å². The number of methoxy groups -OCH3 is 1. The molecule has 2 aromatic rings. The van der Waals surface area contributed by atoms with Crippen molar-refractivity contribution in [2.45, 2.75) is 57.5 Å². The smallest absolute Gasteiger partial charge is 0.337 e. The Balaban J connectivity index is 1.43. The Morgan fingerprint density at radius 1 is 1.11 bits per heavy atom. The van der Waals surface area contributed by atoms with Crippen LogP contribution < -0.4 is 0 Å². The summed E-state index contributed by atoms with van der Waals surface area (Å²) >= 11 is 0. The summed E-state index contributed by atoms with van der Waals surface area (Å²) in [6, 6.07) is 7.75. The molecule has 1 aromatic carbocycles. The molecule has 3 heterocycles. The Labute approximate surface area is 160 Å². The number of carbonyl (C=O) groups excluding carboxylic acids is 1. The lowest BCUT2D eigenvalue weighted by molar-refractivity contribution is 0.0600. The predicted octanol–water partition coefficient (Wildman–Crippen LogP) is 3.17. The van der Waals surface area contributed by atoms with E-state index in [1.54, 1.807) is 0 Å². The van der Waals surface area contributed by atoms with Gasteiger partial charge in [-0.05, 0) is 49.9 Å². The largest absolute Gasteiger partial charge is 0.465 e. The van der Waals surface area contributed by atoms with Gasteiger partial charge in [0, 0.05) is 32.0 Å². The van der Waals surface area contributed by atoms with Crippen LogP contribution in [0.2, 0.25) is 0 Å². The van der Waals surface area contributed by atoms with Crippen LogP contribution in [0.25, 0.3) is 0 Å². The third kappa shape index (κ3) is 4.05. The van der Waals surface area contributed by atoms with E-state index in [1.165, 1.54) is 56.4 Å². The zero-order chi connectivity index (χ0) is 18.6. The van der Waals surface area contributed by atoms with Gasteiger partial charge in [0.15, 0.2) is 0 Å². The lowest BCUT2D eigenvalue weighted by Gasteiger charge is -2.32. The third-order valence-corrected chi connectivity index (χ3v) is 5.79. The number of nitrogens with zero attached hydrogens (tertiary/aromatic N) is 4. The molecule has 6 heteroatoms. The highest BCUT2D eigenvalue weighted by Gasteiger charge is 2.27. The van der Waals surface area contributed by atoms with Gasteiger partial charge in [-0.1, -0.05) is 18.6 Å². The third-order valence-electron chi connectivity index (χ3n) is 5.79. The molecular weight excluding hydrogens is 340 g/mol. The monoisotopic (exact) mass is 368 g/mol. The quantitative estimate of drug-likeness (QED) is 0.776. The molecule has 1 saturated heterocycles. The number of aromatic nitrogens is 3. The highest BCUT2D eigenvalue weighted by molar-refractivity contribution is 5.89. The summed E-state index contributed by atoms with van der Waals surface area (Å²) in [7, 11) is 1.41. The summed E-state index contributed by atoms with van der Waals surface area (Å²) < 4.78 is 7.17. The maximum absolute atomic E-state index is 11.6. The van der Waals surface area contributed by atoms with Crippen molar-refractivity contribution in [2.75, 3.05) is 20.2 Å². The first-order valence-electron chi connectivity index (χ1n) is 10.1. The van der Waals surface area contributed by atoms with Crippen LogP contribution in [0.1, 0.15) is 65.6 Å². The fourth-order valence-corrected chi connectivity index (χ4v) is 4.34. The van der Waals surface area contributed by atoms with Gasteiger partial charge in [-0.2, -0.15) is 0 Å². The lowest BCUT2D eigenvalue weighted by atomic mass is 9.96. The summed E-state index contributed by atoms with van der Waals surface area (Å²) in [5.41, 5.74) is 1.83. The molecule has 0 radical (unpaired) electrons. The Kier molecular flexibility index (Phi) is 5.53. The zero-order valence-corrected chi connectivity index (χ0v) is 16.1. The van der Waals surface area contributed by atoms with Crippen molar-refractivity contribution in [1.29, 1.82) is 0 Å². The van der Waals surface area contributed by atoms with Crippen LogP contribution >= 0.6 is 0 Å². The Hall–Kier alpha value is -2.21. The molecule has 0 aliphatic carbocycles. The van der Waals surface area contributed by atoms with Gasteiger partial charge < -0.3 is 9.30 Å². The van der Waals surface area contributed by atoms with Gasteiger partial charge >= 0.3 is 5.97 Å². The van der Waals surface area contributed by atoms with Crippen LogP contribution in [0.3, 0.4) is 0 Å². The van der Waals surface area contributed by atoms with Gasteiger partial charge in [0.25, 0.3) is 0 Å². The SMILES string of the molecule is COC(=O)c1ccc(CN2CCCC(c3nnc4n3CCCCC4)C2)cc1. The van der Waals surface area contributed by atoms with E-state index in [2.05, 4.69) is 19.7 Å². The first-order chi connectivity index (χ1) is 13.2. The summed E-state index contributed by atoms with van der Waals surface area (Å²) in [4.78, 5) is 14.1. The Morgan fingerprint density at radius 3 is 2.78 bits per heavy atom. The van der Waals surface area contributed by atoms with Gasteiger partial charge in [0.05, 0.1) is 12.7 Å². The maximum atomic E-state index is 11.6. The summed E-state index contributed by atoms with van der Waals surface area (Å²) in [5, 5.41) is 9.07. The molecule has 1 unspecified atom stereocenters. The number of carbonyl (C=O) groups is 1. The second-order valence-electron chi connectivity index (χ2n) is 7.70. The minimum Gasteiger partial charge on any atom is -0.465 e. The molecule has 6 nitrogen and oxygen atoms in total. The average molecular weight is 368 g/mol. The van der Waals surface area contributed by atoms with E-state index in [9.17, 15) is 4.79 Å². The van der Waals surface area contributed by atoms with E-state index in [4.69, 9.17) is 4.74 Å². The first kappa shape index (κ1) is 18.2. The number of rotatable bonds is 4. The number of aryl methyl sites for hydroxylation is 1. The second-order valence-corrected chi connectivity index (χ2v) is 7.70. The number of esters is 1. The van der Waals surface area contributed by atoms with Gasteiger partial charge in [-0.15, -0.1) is 10.2 Å². The van der Waals surface area contributed by atoms with Crippen LogP contribution in [0.4, 0.5) is 0 Å². The maximum Gasteiger partial charge on any atom is 0.337 e.